The van der Waals surface area contributed by atoms with Crippen LogP contribution in [0.3, 0.4) is 0 Å². The van der Waals surface area contributed by atoms with Crippen LogP contribution in [0.4, 0.5) is 20.4 Å². The molecule has 4 N–H and O–H groups in total. The number of nitrogen functional groups attached to an aromatic ring is 1. The summed E-state index contributed by atoms with van der Waals surface area (Å²) >= 11 is 13.0. The summed E-state index contributed by atoms with van der Waals surface area (Å²) in [7, 11) is 4.48. The largest absolute Gasteiger partial charge is 0.495 e. The van der Waals surface area contributed by atoms with Gasteiger partial charge in [0.2, 0.25) is 11.8 Å². The van der Waals surface area contributed by atoms with Gasteiger partial charge < -0.3 is 30.6 Å². The van der Waals surface area contributed by atoms with Crippen molar-refractivity contribution in [2.24, 2.45) is 0 Å². The Morgan fingerprint density at radius 2 is 1.79 bits per heavy atom. The number of halogens is 4. The maximum atomic E-state index is 13.7. The fourth-order valence-electron chi connectivity index (χ4n) is 4.41. The van der Waals surface area contributed by atoms with Crippen LogP contribution in [0.1, 0.15) is 38.5 Å². The third kappa shape index (κ3) is 9.25. The van der Waals surface area contributed by atoms with Crippen LogP contribution in [0, 0.1) is 0 Å². The van der Waals surface area contributed by atoms with Gasteiger partial charge in [0.15, 0.2) is 5.82 Å². The van der Waals surface area contributed by atoms with Crippen LogP contribution in [0.25, 0.3) is 22.3 Å². The van der Waals surface area contributed by atoms with Crippen LogP contribution >= 0.6 is 23.2 Å². The van der Waals surface area contributed by atoms with Crippen LogP contribution in [0.15, 0.2) is 31.0 Å². The average Bonchev–Trinajstić information content (AvgIpc) is 3.36. The Kier molecular flexibility index (Phi) is 12.5. The van der Waals surface area contributed by atoms with Crippen molar-refractivity contribution in [2.75, 3.05) is 45.5 Å². The van der Waals surface area contributed by atoms with Crippen LogP contribution in [0.2, 0.25) is 10.0 Å². The standard InChI is InChI=1S/C20H19Cl2F2N5O2.C5H10O.C4H7NO/c1-30-12-6-13(31-2)17(22)15(16(12)21)19-28-11-8-26-14(25)5-10(11)18(29-19)27-9-3-4-20(23,24)7-9;1-2-4-6-5-3-1;1-3-4(6)5-2/h5-6,8-9H,3-4,7H2,1-2H3,(H2,25,26)(H,27,28,29);1-5H2;3H,1H2,2H3,(H,5,6). The number of anilines is 2. The Morgan fingerprint density at radius 1 is 1.14 bits per heavy atom. The number of benzene rings is 1. The molecule has 5 rings (SSSR count). The van der Waals surface area contributed by atoms with Crippen LogP contribution in [0.5, 0.6) is 11.5 Å². The van der Waals surface area contributed by atoms with Crippen molar-refractivity contribution in [1.82, 2.24) is 20.3 Å². The van der Waals surface area contributed by atoms with Gasteiger partial charge >= 0.3 is 0 Å². The molecule has 0 radical (unpaired) electrons. The summed E-state index contributed by atoms with van der Waals surface area (Å²) < 4.78 is 43.2. The van der Waals surface area contributed by atoms with Gasteiger partial charge in [0.1, 0.15) is 23.1 Å². The molecule has 1 aliphatic carbocycles. The zero-order chi connectivity index (χ0) is 31.6. The summed E-state index contributed by atoms with van der Waals surface area (Å²) in [5.41, 5.74) is 6.56. The lowest BCUT2D eigenvalue weighted by molar-refractivity contribution is -0.116. The molecule has 0 spiro atoms. The van der Waals surface area contributed by atoms with E-state index in [4.69, 9.17) is 43.1 Å². The van der Waals surface area contributed by atoms with E-state index in [1.54, 1.807) is 19.2 Å². The molecule has 3 aromatic rings. The molecule has 3 heterocycles. The van der Waals surface area contributed by atoms with Crippen molar-refractivity contribution in [3.05, 3.63) is 41.0 Å². The number of fused-ring (bicyclic) bond motifs is 1. The van der Waals surface area contributed by atoms with E-state index in [9.17, 15) is 13.6 Å². The fraction of sp³-hybridized carbons (Fsp3) is 0.448. The summed E-state index contributed by atoms with van der Waals surface area (Å²) in [5.74, 6) is -1.46. The quantitative estimate of drug-likeness (QED) is 0.265. The van der Waals surface area contributed by atoms with E-state index < -0.39 is 12.0 Å². The number of nitrogens with zero attached hydrogens (tertiary/aromatic N) is 3. The van der Waals surface area contributed by atoms with Crippen LogP contribution in [-0.4, -0.2) is 67.3 Å². The van der Waals surface area contributed by atoms with Gasteiger partial charge in [-0.05, 0) is 37.8 Å². The first-order chi connectivity index (χ1) is 20.5. The number of aromatic nitrogens is 3. The van der Waals surface area contributed by atoms with E-state index in [2.05, 4.69) is 32.2 Å². The van der Waals surface area contributed by atoms with Gasteiger partial charge in [-0.15, -0.1) is 0 Å². The predicted molar refractivity (Wildman–Crippen MR) is 165 cm³/mol. The fourth-order valence-corrected chi connectivity index (χ4v) is 5.08. The summed E-state index contributed by atoms with van der Waals surface area (Å²) in [4.78, 5) is 23.1. The van der Waals surface area contributed by atoms with E-state index >= 15 is 0 Å². The highest BCUT2D eigenvalue weighted by Crippen LogP contribution is 2.46. The number of methoxy groups -OCH3 is 2. The third-order valence-electron chi connectivity index (χ3n) is 6.65. The molecule has 2 aliphatic rings. The first-order valence-electron chi connectivity index (χ1n) is 13.6. The molecule has 1 amide bonds. The number of hydrogen-bond donors (Lipinski definition) is 3. The van der Waals surface area contributed by atoms with Gasteiger partial charge in [0.05, 0.1) is 41.5 Å². The number of pyridine rings is 1. The molecule has 10 nitrogen and oxygen atoms in total. The highest BCUT2D eigenvalue weighted by atomic mass is 35.5. The molecule has 1 aliphatic heterocycles. The topological polar surface area (TPSA) is 134 Å². The molecule has 2 aromatic heterocycles. The van der Waals surface area contributed by atoms with E-state index in [0.29, 0.717) is 34.6 Å². The van der Waals surface area contributed by atoms with Crippen molar-refractivity contribution in [3.8, 4) is 22.9 Å². The third-order valence-corrected chi connectivity index (χ3v) is 7.40. The Labute approximate surface area is 259 Å². The molecule has 1 unspecified atom stereocenters. The highest BCUT2D eigenvalue weighted by Gasteiger charge is 2.39. The first kappa shape index (κ1) is 34.0. The molecular formula is C29H36Cl2F2N6O4. The van der Waals surface area contributed by atoms with Crippen molar-refractivity contribution >= 4 is 51.6 Å². The SMILES string of the molecule is C1CCOCC1.C=CC(=O)NC.COc1cc(OC)c(Cl)c(-c2nc(NC3CCC(F)(F)C3)c3cc(N)ncc3n2)c1Cl. The van der Waals surface area contributed by atoms with Crippen molar-refractivity contribution in [1.29, 1.82) is 0 Å². The number of rotatable bonds is 6. The number of nitrogens with one attached hydrogen (secondary N) is 2. The van der Waals surface area contributed by atoms with Crippen molar-refractivity contribution < 1.29 is 27.8 Å². The summed E-state index contributed by atoms with van der Waals surface area (Å²) in [6.45, 7) is 5.22. The number of hydrogen-bond acceptors (Lipinski definition) is 9. The van der Waals surface area contributed by atoms with Gasteiger partial charge in [-0.2, -0.15) is 0 Å². The molecular weight excluding hydrogens is 605 g/mol. The number of alkyl halides is 2. The predicted octanol–water partition coefficient (Wildman–Crippen LogP) is 6.30. The van der Waals surface area contributed by atoms with Crippen LogP contribution in [-0.2, 0) is 9.53 Å². The molecule has 1 aromatic carbocycles. The summed E-state index contributed by atoms with van der Waals surface area (Å²) in [5, 5.41) is 6.40. The minimum Gasteiger partial charge on any atom is -0.495 e. The van der Waals surface area contributed by atoms with Gasteiger partial charge in [-0.3, -0.25) is 4.79 Å². The Hall–Kier alpha value is -3.48. The Bertz CT molecular complexity index is 1390. The number of ether oxygens (including phenoxy) is 3. The lowest BCUT2D eigenvalue weighted by Crippen LogP contribution is -2.20. The molecule has 14 heteroatoms. The Balaban J connectivity index is 0.000000352. The van der Waals surface area contributed by atoms with Crippen molar-refractivity contribution in [3.63, 3.8) is 0 Å². The number of likely N-dealkylation sites (N-methyl/N-ethyl adjacent to an activating group) is 1. The maximum Gasteiger partial charge on any atom is 0.250 e. The van der Waals surface area contributed by atoms with Gasteiger partial charge in [0, 0.05) is 50.6 Å². The molecule has 2 fully saturated rings. The van der Waals surface area contributed by atoms with Gasteiger partial charge in [0.25, 0.3) is 0 Å². The smallest absolute Gasteiger partial charge is 0.250 e. The second-order valence-electron chi connectivity index (χ2n) is 9.74. The minimum atomic E-state index is -2.71. The molecule has 1 atom stereocenters. The van der Waals surface area contributed by atoms with E-state index in [-0.39, 0.29) is 46.0 Å². The second-order valence-corrected chi connectivity index (χ2v) is 10.5. The van der Waals surface area contributed by atoms with Crippen molar-refractivity contribution in [2.45, 2.75) is 50.5 Å². The van der Waals surface area contributed by atoms with E-state index in [1.165, 1.54) is 45.8 Å². The van der Waals surface area contributed by atoms with E-state index in [1.807, 2.05) is 0 Å². The monoisotopic (exact) mass is 640 g/mol. The molecule has 0 bridgehead atoms. The molecule has 43 heavy (non-hydrogen) atoms. The number of nitrogens with two attached hydrogens (primary N) is 1. The lowest BCUT2D eigenvalue weighted by Gasteiger charge is -2.18. The van der Waals surface area contributed by atoms with Crippen LogP contribution < -0.4 is 25.8 Å². The first-order valence-corrected chi connectivity index (χ1v) is 14.4. The average molecular weight is 642 g/mol. The normalized spacial score (nSPS) is 17.0. The Morgan fingerprint density at radius 3 is 2.23 bits per heavy atom. The minimum absolute atomic E-state index is 0.144. The number of amides is 1. The number of carbonyl (C=O) groups is 1. The summed E-state index contributed by atoms with van der Waals surface area (Å²) in [6.07, 6.45) is 6.46. The lowest BCUT2D eigenvalue weighted by atomic mass is 10.1. The number of carbonyl (C=O) groups excluding carboxylic acids is 1. The summed E-state index contributed by atoms with van der Waals surface area (Å²) in [6, 6.07) is 2.68. The second kappa shape index (κ2) is 15.8. The molecule has 1 saturated heterocycles. The molecule has 1 saturated carbocycles. The zero-order valence-corrected chi connectivity index (χ0v) is 25.8. The zero-order valence-electron chi connectivity index (χ0n) is 24.3. The van der Waals surface area contributed by atoms with Gasteiger partial charge in [-0.1, -0.05) is 29.8 Å². The molecule has 234 valence electrons. The van der Waals surface area contributed by atoms with E-state index in [0.717, 1.165) is 13.2 Å². The highest BCUT2D eigenvalue weighted by molar-refractivity contribution is 6.41. The van der Waals surface area contributed by atoms with Gasteiger partial charge in [-0.25, -0.2) is 23.7 Å². The maximum absolute atomic E-state index is 13.7.